The van der Waals surface area contributed by atoms with Crippen LogP contribution in [-0.2, 0) is 12.0 Å². The molecule has 15 heavy (non-hydrogen) atoms. The Bertz CT molecular complexity index is 480. The Morgan fingerprint density at radius 3 is 2.67 bits per heavy atom. The second-order valence-electron chi connectivity index (χ2n) is 4.74. The molecular formula is C12H16N2O. The van der Waals surface area contributed by atoms with E-state index in [-0.39, 0.29) is 5.41 Å². The molecule has 1 heterocycles. The number of hydrogen-bond donors (Lipinski definition) is 1. The normalized spacial score (nSPS) is 12.3. The maximum atomic E-state index is 5.48. The van der Waals surface area contributed by atoms with Crippen LogP contribution in [0, 0.1) is 0 Å². The molecule has 0 saturated carbocycles. The van der Waals surface area contributed by atoms with Gasteiger partial charge in [0.15, 0.2) is 5.58 Å². The molecule has 0 fully saturated rings. The lowest BCUT2D eigenvalue weighted by molar-refractivity contribution is 0.533. The van der Waals surface area contributed by atoms with Gasteiger partial charge in [0.25, 0.3) is 0 Å². The van der Waals surface area contributed by atoms with Crippen molar-refractivity contribution in [3.05, 3.63) is 29.7 Å². The number of hydrogen-bond acceptors (Lipinski definition) is 3. The fourth-order valence-electron chi connectivity index (χ4n) is 1.53. The zero-order valence-corrected chi connectivity index (χ0v) is 9.37. The summed E-state index contributed by atoms with van der Waals surface area (Å²) in [6.07, 6.45) is 0. The zero-order chi connectivity index (χ0) is 11.1. The summed E-state index contributed by atoms with van der Waals surface area (Å²) in [4.78, 5) is 4.31. The second kappa shape index (κ2) is 3.35. The first-order valence-electron chi connectivity index (χ1n) is 5.11. The first kappa shape index (κ1) is 10.2. The van der Waals surface area contributed by atoms with Gasteiger partial charge in [0, 0.05) is 0 Å². The van der Waals surface area contributed by atoms with Crippen LogP contribution in [0.4, 0.5) is 0 Å². The quantitative estimate of drug-likeness (QED) is 0.776. The molecule has 0 aliphatic rings. The third-order valence-corrected chi connectivity index (χ3v) is 2.47. The third kappa shape index (κ3) is 1.88. The molecule has 0 aliphatic heterocycles. The van der Waals surface area contributed by atoms with E-state index in [4.69, 9.17) is 10.2 Å². The first-order valence-corrected chi connectivity index (χ1v) is 5.11. The van der Waals surface area contributed by atoms with Crippen LogP contribution in [0.15, 0.2) is 22.6 Å². The van der Waals surface area contributed by atoms with Crippen LogP contribution < -0.4 is 5.73 Å². The highest BCUT2D eigenvalue weighted by atomic mass is 16.3. The van der Waals surface area contributed by atoms with Crippen LogP contribution in [0.25, 0.3) is 11.1 Å². The smallest absolute Gasteiger partial charge is 0.209 e. The lowest BCUT2D eigenvalue weighted by atomic mass is 9.87. The summed E-state index contributed by atoms with van der Waals surface area (Å²) < 4.78 is 5.45. The predicted molar refractivity (Wildman–Crippen MR) is 60.6 cm³/mol. The Morgan fingerprint density at radius 2 is 2.07 bits per heavy atom. The summed E-state index contributed by atoms with van der Waals surface area (Å²) in [5.41, 5.74) is 8.57. The van der Waals surface area contributed by atoms with Crippen molar-refractivity contribution < 1.29 is 4.42 Å². The minimum atomic E-state index is 0.135. The Kier molecular flexibility index (Phi) is 2.27. The molecule has 2 N–H and O–H groups in total. The molecule has 0 unspecified atom stereocenters. The van der Waals surface area contributed by atoms with Gasteiger partial charge >= 0.3 is 0 Å². The van der Waals surface area contributed by atoms with E-state index < -0.39 is 0 Å². The summed E-state index contributed by atoms with van der Waals surface area (Å²) in [7, 11) is 0. The number of benzene rings is 1. The molecule has 80 valence electrons. The Balaban J connectivity index is 2.55. The van der Waals surface area contributed by atoms with Crippen molar-refractivity contribution in [3.63, 3.8) is 0 Å². The van der Waals surface area contributed by atoms with Crippen LogP contribution in [0.3, 0.4) is 0 Å². The van der Waals surface area contributed by atoms with Crippen molar-refractivity contribution in [2.45, 2.75) is 32.7 Å². The Morgan fingerprint density at radius 1 is 1.33 bits per heavy atom. The summed E-state index contributed by atoms with van der Waals surface area (Å²) >= 11 is 0. The van der Waals surface area contributed by atoms with E-state index in [1.165, 1.54) is 5.56 Å². The fraction of sp³-hybridized carbons (Fsp3) is 0.417. The number of oxazole rings is 1. The van der Waals surface area contributed by atoms with E-state index in [0.29, 0.717) is 12.4 Å². The summed E-state index contributed by atoms with van der Waals surface area (Å²) in [5.74, 6) is 0.594. The monoisotopic (exact) mass is 204 g/mol. The van der Waals surface area contributed by atoms with E-state index in [2.05, 4.69) is 37.9 Å². The van der Waals surface area contributed by atoms with Crippen LogP contribution in [-0.4, -0.2) is 4.98 Å². The maximum Gasteiger partial charge on any atom is 0.209 e. The van der Waals surface area contributed by atoms with Gasteiger partial charge in [0.05, 0.1) is 6.54 Å². The van der Waals surface area contributed by atoms with E-state index in [1.54, 1.807) is 0 Å². The predicted octanol–water partition coefficient (Wildman–Crippen LogP) is 2.58. The van der Waals surface area contributed by atoms with E-state index in [9.17, 15) is 0 Å². The van der Waals surface area contributed by atoms with Crippen LogP contribution in [0.1, 0.15) is 32.2 Å². The fourth-order valence-corrected chi connectivity index (χ4v) is 1.53. The molecule has 3 heteroatoms. The average molecular weight is 204 g/mol. The van der Waals surface area contributed by atoms with E-state index in [0.717, 1.165) is 11.1 Å². The molecule has 0 aliphatic carbocycles. The highest BCUT2D eigenvalue weighted by Crippen LogP contribution is 2.26. The summed E-state index contributed by atoms with van der Waals surface area (Å²) in [5, 5.41) is 0. The Labute approximate surface area is 89.3 Å². The lowest BCUT2D eigenvalue weighted by Crippen LogP contribution is -2.10. The van der Waals surface area contributed by atoms with Gasteiger partial charge in [-0.15, -0.1) is 0 Å². The van der Waals surface area contributed by atoms with Gasteiger partial charge in [-0.2, -0.15) is 0 Å². The topological polar surface area (TPSA) is 52.0 Å². The second-order valence-corrected chi connectivity index (χ2v) is 4.74. The number of fused-ring (bicyclic) bond motifs is 1. The molecule has 0 atom stereocenters. The van der Waals surface area contributed by atoms with Crippen LogP contribution in [0.2, 0.25) is 0 Å². The third-order valence-electron chi connectivity index (χ3n) is 2.47. The van der Waals surface area contributed by atoms with Crippen molar-refractivity contribution in [3.8, 4) is 0 Å². The molecule has 1 aromatic carbocycles. The molecule has 0 bridgehead atoms. The van der Waals surface area contributed by atoms with E-state index in [1.807, 2.05) is 6.07 Å². The van der Waals surface area contributed by atoms with Crippen molar-refractivity contribution in [1.82, 2.24) is 4.98 Å². The zero-order valence-electron chi connectivity index (χ0n) is 9.37. The van der Waals surface area contributed by atoms with Crippen LogP contribution in [0.5, 0.6) is 0 Å². The number of nitrogens with two attached hydrogens (primary N) is 1. The number of nitrogens with zero attached hydrogens (tertiary/aromatic N) is 1. The Hall–Kier alpha value is -1.35. The van der Waals surface area contributed by atoms with Crippen LogP contribution >= 0.6 is 0 Å². The van der Waals surface area contributed by atoms with Crippen molar-refractivity contribution >= 4 is 11.1 Å². The van der Waals surface area contributed by atoms with Gasteiger partial charge in [-0.3, -0.25) is 0 Å². The lowest BCUT2D eigenvalue weighted by Gasteiger charge is -2.18. The SMILES string of the molecule is CC(C)(C)c1ccc2oc(CN)nc2c1. The first-order chi connectivity index (χ1) is 7.00. The maximum absolute atomic E-state index is 5.48. The molecule has 0 radical (unpaired) electrons. The van der Waals surface area contributed by atoms with E-state index >= 15 is 0 Å². The van der Waals surface area contributed by atoms with Gasteiger partial charge in [-0.1, -0.05) is 26.8 Å². The standard InChI is InChI=1S/C12H16N2O/c1-12(2,3)8-4-5-10-9(6-8)14-11(7-13)15-10/h4-6H,7,13H2,1-3H3. The van der Waals surface area contributed by atoms with Gasteiger partial charge in [0.1, 0.15) is 5.52 Å². The van der Waals surface area contributed by atoms with Crippen molar-refractivity contribution in [2.24, 2.45) is 5.73 Å². The van der Waals surface area contributed by atoms with Gasteiger partial charge in [-0.25, -0.2) is 4.98 Å². The van der Waals surface area contributed by atoms with Crippen molar-refractivity contribution in [1.29, 1.82) is 0 Å². The molecule has 0 spiro atoms. The van der Waals surface area contributed by atoms with Crippen molar-refractivity contribution in [2.75, 3.05) is 0 Å². The van der Waals surface area contributed by atoms with Gasteiger partial charge in [0.2, 0.25) is 5.89 Å². The minimum Gasteiger partial charge on any atom is -0.439 e. The molecule has 3 nitrogen and oxygen atoms in total. The number of aromatic nitrogens is 1. The highest BCUT2D eigenvalue weighted by molar-refractivity contribution is 5.73. The molecular weight excluding hydrogens is 188 g/mol. The van der Waals surface area contributed by atoms with Gasteiger partial charge in [-0.05, 0) is 23.1 Å². The summed E-state index contributed by atoms with van der Waals surface area (Å²) in [6.45, 7) is 6.88. The molecule has 0 saturated heterocycles. The largest absolute Gasteiger partial charge is 0.439 e. The van der Waals surface area contributed by atoms with Gasteiger partial charge < -0.3 is 10.2 Å². The number of rotatable bonds is 1. The summed E-state index contributed by atoms with van der Waals surface area (Å²) in [6, 6.07) is 6.11. The minimum absolute atomic E-state index is 0.135. The molecule has 2 aromatic rings. The highest BCUT2D eigenvalue weighted by Gasteiger charge is 2.15. The molecule has 1 aromatic heterocycles. The molecule has 2 rings (SSSR count). The average Bonchev–Trinajstić information content (AvgIpc) is 2.57. The molecule has 0 amide bonds.